The highest BCUT2D eigenvalue weighted by molar-refractivity contribution is 5.99. The Hall–Kier alpha value is -1.65. The fourth-order valence-corrected chi connectivity index (χ4v) is 2.01. The average Bonchev–Trinajstić information content (AvgIpc) is 2.49. The molecule has 1 amide bonds. The molecule has 4 heteroatoms. The summed E-state index contributed by atoms with van der Waals surface area (Å²) in [5, 5.41) is 2.79. The van der Waals surface area contributed by atoms with E-state index in [1.54, 1.807) is 0 Å². The van der Waals surface area contributed by atoms with Crippen LogP contribution in [0.2, 0.25) is 0 Å². The van der Waals surface area contributed by atoms with Gasteiger partial charge in [0.05, 0.1) is 6.61 Å². The van der Waals surface area contributed by atoms with Gasteiger partial charge in [0.25, 0.3) is 0 Å². The van der Waals surface area contributed by atoms with E-state index in [1.807, 2.05) is 36.4 Å². The first kappa shape index (κ1) is 14.8. The van der Waals surface area contributed by atoms with Crippen LogP contribution in [0.15, 0.2) is 42.5 Å². The van der Waals surface area contributed by atoms with Gasteiger partial charge in [-0.25, -0.2) is 0 Å². The van der Waals surface area contributed by atoms with Gasteiger partial charge in [-0.2, -0.15) is 0 Å². The maximum Gasteiger partial charge on any atom is 0.248 e. The van der Waals surface area contributed by atoms with Crippen LogP contribution >= 0.6 is 0 Å². The van der Waals surface area contributed by atoms with Crippen LogP contribution in [0.1, 0.15) is 25.7 Å². The van der Waals surface area contributed by atoms with Gasteiger partial charge in [0.2, 0.25) is 5.91 Å². The number of amides is 1. The highest BCUT2D eigenvalue weighted by Gasteiger charge is 2.12. The number of ether oxygens (including phenoxy) is 2. The molecule has 1 N–H and O–H groups in total. The lowest BCUT2D eigenvalue weighted by Crippen LogP contribution is -2.22. The van der Waals surface area contributed by atoms with Crippen LogP contribution in [0.25, 0.3) is 0 Å². The lowest BCUT2D eigenvalue weighted by molar-refractivity contribution is -0.161. The summed E-state index contributed by atoms with van der Waals surface area (Å²) in [5.41, 5.74) is 0.800. The van der Waals surface area contributed by atoms with E-state index in [0.29, 0.717) is 13.0 Å². The Labute approximate surface area is 119 Å². The minimum Gasteiger partial charge on any atom is -0.353 e. The van der Waals surface area contributed by atoms with Crippen molar-refractivity contribution in [2.75, 3.05) is 18.5 Å². The van der Waals surface area contributed by atoms with Gasteiger partial charge in [-0.3, -0.25) is 4.79 Å². The molecule has 1 fully saturated rings. The zero-order valence-corrected chi connectivity index (χ0v) is 11.6. The molecule has 4 nitrogen and oxygen atoms in total. The highest BCUT2D eigenvalue weighted by Crippen LogP contribution is 2.13. The van der Waals surface area contributed by atoms with Gasteiger partial charge in [-0.05, 0) is 43.9 Å². The van der Waals surface area contributed by atoms with Crippen molar-refractivity contribution in [1.29, 1.82) is 0 Å². The number of carbonyl (C=O) groups is 1. The second-order valence-corrected chi connectivity index (χ2v) is 4.71. The molecule has 1 aromatic carbocycles. The number of rotatable bonds is 6. The van der Waals surface area contributed by atoms with Crippen LogP contribution in [0.3, 0.4) is 0 Å². The summed E-state index contributed by atoms with van der Waals surface area (Å²) in [6, 6.07) is 9.40. The van der Waals surface area contributed by atoms with Gasteiger partial charge in [0, 0.05) is 12.3 Å². The fourth-order valence-electron chi connectivity index (χ4n) is 2.01. The van der Waals surface area contributed by atoms with E-state index < -0.39 is 0 Å². The third-order valence-corrected chi connectivity index (χ3v) is 3.04. The van der Waals surface area contributed by atoms with E-state index in [1.165, 1.54) is 12.5 Å². The van der Waals surface area contributed by atoms with Crippen molar-refractivity contribution in [3.05, 3.63) is 42.5 Å². The molecule has 1 aromatic rings. The number of para-hydroxylation sites is 1. The summed E-state index contributed by atoms with van der Waals surface area (Å²) in [6.07, 6.45) is 7.27. The van der Waals surface area contributed by atoms with Crippen molar-refractivity contribution in [1.82, 2.24) is 0 Å². The van der Waals surface area contributed by atoms with Crippen molar-refractivity contribution in [2.24, 2.45) is 0 Å². The Morgan fingerprint density at radius 2 is 2.20 bits per heavy atom. The largest absolute Gasteiger partial charge is 0.353 e. The lowest BCUT2D eigenvalue weighted by atomic mass is 10.2. The van der Waals surface area contributed by atoms with E-state index in [4.69, 9.17) is 9.47 Å². The van der Waals surface area contributed by atoms with E-state index >= 15 is 0 Å². The first-order chi connectivity index (χ1) is 9.84. The first-order valence-corrected chi connectivity index (χ1v) is 7.10. The third kappa shape index (κ3) is 5.55. The smallest absolute Gasteiger partial charge is 0.248 e. The first-order valence-electron chi connectivity index (χ1n) is 7.10. The van der Waals surface area contributed by atoms with Gasteiger partial charge in [0.1, 0.15) is 0 Å². The van der Waals surface area contributed by atoms with Crippen molar-refractivity contribution >= 4 is 11.6 Å². The van der Waals surface area contributed by atoms with Gasteiger partial charge >= 0.3 is 0 Å². The number of carbonyl (C=O) groups excluding carboxylic acids is 1. The molecule has 20 heavy (non-hydrogen) atoms. The van der Waals surface area contributed by atoms with E-state index in [9.17, 15) is 4.79 Å². The van der Waals surface area contributed by atoms with Crippen molar-refractivity contribution < 1.29 is 14.3 Å². The predicted molar refractivity (Wildman–Crippen MR) is 78.4 cm³/mol. The minimum atomic E-state index is -0.120. The topological polar surface area (TPSA) is 47.6 Å². The van der Waals surface area contributed by atoms with Gasteiger partial charge in [0.15, 0.2) is 6.29 Å². The van der Waals surface area contributed by atoms with Crippen LogP contribution in [0.5, 0.6) is 0 Å². The van der Waals surface area contributed by atoms with E-state index in [-0.39, 0.29) is 12.2 Å². The third-order valence-electron chi connectivity index (χ3n) is 3.04. The molecule has 1 unspecified atom stereocenters. The maximum atomic E-state index is 11.6. The molecule has 0 aromatic heterocycles. The lowest BCUT2D eigenvalue weighted by Gasteiger charge is -2.22. The fraction of sp³-hybridized carbons (Fsp3) is 0.438. The molecule has 0 radical (unpaired) electrons. The van der Waals surface area contributed by atoms with Crippen LogP contribution < -0.4 is 5.32 Å². The maximum absolute atomic E-state index is 11.6. The number of nitrogens with one attached hydrogen (secondary N) is 1. The Morgan fingerprint density at radius 1 is 1.35 bits per heavy atom. The zero-order valence-electron chi connectivity index (χ0n) is 11.6. The Morgan fingerprint density at radius 3 is 2.95 bits per heavy atom. The van der Waals surface area contributed by atoms with Crippen molar-refractivity contribution in [2.45, 2.75) is 32.0 Å². The zero-order chi connectivity index (χ0) is 14.0. The molecule has 0 spiro atoms. The quantitative estimate of drug-likeness (QED) is 0.641. The molecule has 0 bridgehead atoms. The number of hydrogen-bond donors (Lipinski definition) is 1. The highest BCUT2D eigenvalue weighted by atomic mass is 16.7. The number of hydrogen-bond acceptors (Lipinski definition) is 3. The van der Waals surface area contributed by atoms with E-state index in [0.717, 1.165) is 25.1 Å². The van der Waals surface area contributed by atoms with Gasteiger partial charge in [-0.15, -0.1) is 0 Å². The predicted octanol–water partition coefficient (Wildman–Crippen LogP) is 3.11. The molecule has 2 rings (SSSR count). The summed E-state index contributed by atoms with van der Waals surface area (Å²) in [5.74, 6) is -0.120. The minimum absolute atomic E-state index is 0.0599. The van der Waals surface area contributed by atoms with E-state index in [2.05, 4.69) is 5.32 Å². The Bertz CT molecular complexity index is 425. The van der Waals surface area contributed by atoms with Crippen LogP contribution in [0, 0.1) is 0 Å². The molecule has 1 atom stereocenters. The molecule has 1 saturated heterocycles. The normalized spacial score (nSPS) is 19.1. The van der Waals surface area contributed by atoms with Crippen molar-refractivity contribution in [3.63, 3.8) is 0 Å². The summed E-state index contributed by atoms with van der Waals surface area (Å²) < 4.78 is 11.0. The summed E-state index contributed by atoms with van der Waals surface area (Å²) >= 11 is 0. The Balaban J connectivity index is 1.59. The number of benzene rings is 1. The average molecular weight is 275 g/mol. The molecule has 1 aliphatic heterocycles. The molecular weight excluding hydrogens is 254 g/mol. The molecule has 1 aliphatic rings. The van der Waals surface area contributed by atoms with Crippen LogP contribution in [0.4, 0.5) is 5.69 Å². The Kier molecular flexibility index (Phi) is 6.27. The second kappa shape index (κ2) is 8.51. The molecule has 0 saturated carbocycles. The molecule has 1 heterocycles. The molecular formula is C16H21NO3. The second-order valence-electron chi connectivity index (χ2n) is 4.71. The number of anilines is 1. The summed E-state index contributed by atoms with van der Waals surface area (Å²) in [7, 11) is 0. The van der Waals surface area contributed by atoms with Crippen LogP contribution in [-0.2, 0) is 14.3 Å². The monoisotopic (exact) mass is 275 g/mol. The SMILES string of the molecule is O=C(/C=C/CCOC1CCCCO1)Nc1ccccc1. The summed E-state index contributed by atoms with van der Waals surface area (Å²) in [6.45, 7) is 1.37. The standard InChI is InChI=1S/C16H21NO3/c18-15(17-14-8-2-1-3-9-14)10-4-6-12-19-16-11-5-7-13-20-16/h1-4,8-10,16H,5-7,11-13H2,(H,17,18)/b10-4+. The van der Waals surface area contributed by atoms with Crippen LogP contribution in [-0.4, -0.2) is 25.4 Å². The van der Waals surface area contributed by atoms with Crippen molar-refractivity contribution in [3.8, 4) is 0 Å². The van der Waals surface area contributed by atoms with Gasteiger partial charge < -0.3 is 14.8 Å². The van der Waals surface area contributed by atoms with Gasteiger partial charge in [-0.1, -0.05) is 24.3 Å². The molecule has 0 aliphatic carbocycles. The summed E-state index contributed by atoms with van der Waals surface area (Å²) in [4.78, 5) is 11.6. The molecule has 108 valence electrons.